The van der Waals surface area contributed by atoms with Crippen LogP contribution < -0.4 is 5.32 Å². The van der Waals surface area contributed by atoms with Gasteiger partial charge in [-0.3, -0.25) is 14.9 Å². The summed E-state index contributed by atoms with van der Waals surface area (Å²) in [6.07, 6.45) is 1.44. The number of hydrogen-bond acceptors (Lipinski definition) is 5. The van der Waals surface area contributed by atoms with Crippen molar-refractivity contribution >= 4 is 40.9 Å². The summed E-state index contributed by atoms with van der Waals surface area (Å²) in [4.78, 5) is 34.0. The van der Waals surface area contributed by atoms with Gasteiger partial charge in [-0.2, -0.15) is 0 Å². The number of ether oxygens (including phenoxy) is 1. The van der Waals surface area contributed by atoms with E-state index in [1.54, 1.807) is 30.3 Å². The Morgan fingerprint density at radius 2 is 1.96 bits per heavy atom. The van der Waals surface area contributed by atoms with Crippen LogP contribution in [-0.2, 0) is 14.3 Å². The molecule has 0 bridgehead atoms. The van der Waals surface area contributed by atoms with E-state index in [4.69, 9.17) is 16.3 Å². The molecule has 0 saturated carbocycles. The summed E-state index contributed by atoms with van der Waals surface area (Å²) in [5.41, 5.74) is 0.861. The van der Waals surface area contributed by atoms with Gasteiger partial charge in [0.05, 0.1) is 4.92 Å². The normalized spacial score (nSPS) is 11.8. The number of anilines is 1. The molecule has 0 fully saturated rings. The second kappa shape index (κ2) is 8.77. The molecule has 1 unspecified atom stereocenters. The minimum atomic E-state index is -1.03. The van der Waals surface area contributed by atoms with Crippen LogP contribution in [0.5, 0.6) is 0 Å². The van der Waals surface area contributed by atoms with Crippen molar-refractivity contribution in [2.24, 2.45) is 0 Å². The Hall–Kier alpha value is -3.19. The maximum absolute atomic E-state index is 12.0. The quantitative estimate of drug-likeness (QED) is 0.358. The predicted molar refractivity (Wildman–Crippen MR) is 97.8 cm³/mol. The molecule has 0 aliphatic rings. The molecule has 2 aromatic rings. The standard InChI is InChI=1S/C18H15ClN2O5/c1-12(18(23)20-15-6-3-5-14(19)11-15)26-17(22)9-8-13-4-2-7-16(10-13)21(24)25/h2-12H,1H3,(H,20,23). The van der Waals surface area contributed by atoms with Gasteiger partial charge in [-0.15, -0.1) is 0 Å². The first-order valence-electron chi connectivity index (χ1n) is 7.55. The molecule has 0 radical (unpaired) electrons. The van der Waals surface area contributed by atoms with Crippen molar-refractivity contribution in [3.63, 3.8) is 0 Å². The van der Waals surface area contributed by atoms with Crippen LogP contribution in [0.1, 0.15) is 12.5 Å². The number of carbonyl (C=O) groups is 2. The summed E-state index contributed by atoms with van der Waals surface area (Å²) in [5, 5.41) is 13.8. The number of nitrogens with one attached hydrogen (secondary N) is 1. The second-order valence-corrected chi connectivity index (χ2v) is 5.70. The second-order valence-electron chi connectivity index (χ2n) is 5.26. The van der Waals surface area contributed by atoms with Crippen molar-refractivity contribution < 1.29 is 19.2 Å². The van der Waals surface area contributed by atoms with Gasteiger partial charge in [-0.05, 0) is 36.8 Å². The van der Waals surface area contributed by atoms with Crippen LogP contribution in [0.25, 0.3) is 6.08 Å². The molecule has 0 spiro atoms. The minimum Gasteiger partial charge on any atom is -0.449 e. The highest BCUT2D eigenvalue weighted by Crippen LogP contribution is 2.16. The fourth-order valence-corrected chi connectivity index (χ4v) is 2.17. The van der Waals surface area contributed by atoms with Crippen LogP contribution in [0.3, 0.4) is 0 Å². The van der Waals surface area contributed by atoms with Gasteiger partial charge in [0.15, 0.2) is 6.10 Å². The maximum Gasteiger partial charge on any atom is 0.331 e. The Bertz CT molecular complexity index is 866. The van der Waals surface area contributed by atoms with Gasteiger partial charge in [0.2, 0.25) is 0 Å². The van der Waals surface area contributed by atoms with Crippen LogP contribution in [0.15, 0.2) is 54.6 Å². The van der Waals surface area contributed by atoms with Crippen molar-refractivity contribution in [2.75, 3.05) is 5.32 Å². The lowest BCUT2D eigenvalue weighted by Crippen LogP contribution is -2.29. The van der Waals surface area contributed by atoms with Crippen LogP contribution in [0.4, 0.5) is 11.4 Å². The molecule has 0 aliphatic carbocycles. The average Bonchev–Trinajstić information content (AvgIpc) is 2.60. The van der Waals surface area contributed by atoms with Crippen LogP contribution >= 0.6 is 11.6 Å². The van der Waals surface area contributed by atoms with Crippen molar-refractivity contribution in [3.05, 3.63) is 75.3 Å². The summed E-state index contributed by atoms with van der Waals surface area (Å²) in [7, 11) is 0. The van der Waals surface area contributed by atoms with Crippen LogP contribution in [-0.4, -0.2) is 22.9 Å². The van der Waals surface area contributed by atoms with E-state index in [0.717, 1.165) is 6.08 Å². The topological polar surface area (TPSA) is 98.5 Å². The van der Waals surface area contributed by atoms with Crippen LogP contribution in [0.2, 0.25) is 5.02 Å². The van der Waals surface area contributed by atoms with E-state index in [9.17, 15) is 19.7 Å². The van der Waals surface area contributed by atoms with Crippen molar-refractivity contribution in [1.29, 1.82) is 0 Å². The lowest BCUT2D eigenvalue weighted by atomic mass is 10.2. The number of rotatable bonds is 6. The molecule has 134 valence electrons. The van der Waals surface area contributed by atoms with Crippen molar-refractivity contribution in [1.82, 2.24) is 0 Å². The van der Waals surface area contributed by atoms with E-state index in [0.29, 0.717) is 16.3 Å². The van der Waals surface area contributed by atoms with Gasteiger partial charge in [0, 0.05) is 28.9 Å². The molecule has 1 amide bonds. The summed E-state index contributed by atoms with van der Waals surface area (Å²) < 4.78 is 5.01. The lowest BCUT2D eigenvalue weighted by molar-refractivity contribution is -0.384. The number of nitro benzene ring substituents is 1. The molecule has 0 aromatic heterocycles. The first-order chi connectivity index (χ1) is 12.3. The summed E-state index contributed by atoms with van der Waals surface area (Å²) in [5.74, 6) is -1.25. The van der Waals surface area contributed by atoms with E-state index < -0.39 is 22.9 Å². The fraction of sp³-hybridized carbons (Fsp3) is 0.111. The molecule has 8 heteroatoms. The number of halogens is 1. The molecule has 26 heavy (non-hydrogen) atoms. The third kappa shape index (κ3) is 5.71. The van der Waals surface area contributed by atoms with E-state index in [-0.39, 0.29) is 5.69 Å². The lowest BCUT2D eigenvalue weighted by Gasteiger charge is -2.12. The van der Waals surface area contributed by atoms with Gasteiger partial charge < -0.3 is 10.1 Å². The number of nitrogens with zero attached hydrogens (tertiary/aromatic N) is 1. The number of carbonyl (C=O) groups excluding carboxylic acids is 2. The number of esters is 1. The zero-order valence-electron chi connectivity index (χ0n) is 13.7. The summed E-state index contributed by atoms with van der Waals surface area (Å²) in [6, 6.07) is 12.3. The van der Waals surface area contributed by atoms with Gasteiger partial charge in [-0.25, -0.2) is 4.79 Å². The maximum atomic E-state index is 12.0. The first-order valence-corrected chi connectivity index (χ1v) is 7.92. The highest BCUT2D eigenvalue weighted by Gasteiger charge is 2.16. The smallest absolute Gasteiger partial charge is 0.331 e. The van der Waals surface area contributed by atoms with Crippen molar-refractivity contribution in [2.45, 2.75) is 13.0 Å². The number of nitro groups is 1. The monoisotopic (exact) mass is 374 g/mol. The number of benzene rings is 2. The number of amides is 1. The molecule has 1 N–H and O–H groups in total. The van der Waals surface area contributed by atoms with Gasteiger partial charge >= 0.3 is 5.97 Å². The molecular weight excluding hydrogens is 360 g/mol. The van der Waals surface area contributed by atoms with E-state index in [1.807, 2.05) is 0 Å². The van der Waals surface area contributed by atoms with E-state index in [1.165, 1.54) is 31.2 Å². The van der Waals surface area contributed by atoms with Gasteiger partial charge in [0.1, 0.15) is 0 Å². The highest BCUT2D eigenvalue weighted by molar-refractivity contribution is 6.30. The van der Waals surface area contributed by atoms with E-state index in [2.05, 4.69) is 5.32 Å². The Balaban J connectivity index is 1.93. The predicted octanol–water partition coefficient (Wildman–Crippen LogP) is 3.83. The highest BCUT2D eigenvalue weighted by atomic mass is 35.5. The van der Waals surface area contributed by atoms with Gasteiger partial charge in [0.25, 0.3) is 11.6 Å². The molecule has 0 aliphatic heterocycles. The zero-order valence-corrected chi connectivity index (χ0v) is 14.5. The Morgan fingerprint density at radius 1 is 1.23 bits per heavy atom. The molecule has 0 saturated heterocycles. The summed E-state index contributed by atoms with van der Waals surface area (Å²) >= 11 is 5.83. The minimum absolute atomic E-state index is 0.0882. The van der Waals surface area contributed by atoms with Crippen LogP contribution in [0, 0.1) is 10.1 Å². The molecule has 7 nitrogen and oxygen atoms in total. The van der Waals surface area contributed by atoms with Gasteiger partial charge in [-0.1, -0.05) is 29.8 Å². The Kier molecular flexibility index (Phi) is 6.46. The largest absolute Gasteiger partial charge is 0.449 e. The third-order valence-electron chi connectivity index (χ3n) is 3.25. The molecule has 0 heterocycles. The molecular formula is C18H15ClN2O5. The molecule has 2 aromatic carbocycles. The Labute approximate surface area is 154 Å². The number of non-ortho nitro benzene ring substituents is 1. The SMILES string of the molecule is CC(OC(=O)C=Cc1cccc([N+](=O)[O-])c1)C(=O)Nc1cccc(Cl)c1. The molecule has 1 atom stereocenters. The molecule has 2 rings (SSSR count). The fourth-order valence-electron chi connectivity index (χ4n) is 1.98. The van der Waals surface area contributed by atoms with E-state index >= 15 is 0 Å². The first kappa shape index (κ1) is 19.1. The average molecular weight is 375 g/mol. The Morgan fingerprint density at radius 3 is 2.65 bits per heavy atom. The third-order valence-corrected chi connectivity index (χ3v) is 3.48. The zero-order chi connectivity index (χ0) is 19.1. The number of hydrogen-bond donors (Lipinski definition) is 1. The summed E-state index contributed by atoms with van der Waals surface area (Å²) in [6.45, 7) is 1.43. The van der Waals surface area contributed by atoms with Crippen molar-refractivity contribution in [3.8, 4) is 0 Å².